The molecule has 9 heteroatoms. The van der Waals surface area contributed by atoms with Gasteiger partial charge < -0.3 is 25.4 Å². The zero-order valence-corrected chi connectivity index (χ0v) is 19.4. The molecule has 1 atom stereocenters. The molecule has 34 heavy (non-hydrogen) atoms. The topological polar surface area (TPSA) is 123 Å². The molecular formula is C25H31N3O6. The molecule has 9 nitrogen and oxygen atoms in total. The molecule has 0 aliphatic rings. The van der Waals surface area contributed by atoms with Gasteiger partial charge in [0.05, 0.1) is 6.54 Å². The Bertz CT molecular complexity index is 934. The number of carbonyl (C=O) groups excluding carboxylic acids is 4. The van der Waals surface area contributed by atoms with Crippen LogP contribution in [0.25, 0.3) is 0 Å². The van der Waals surface area contributed by atoms with Gasteiger partial charge in [0, 0.05) is 0 Å². The van der Waals surface area contributed by atoms with Gasteiger partial charge in [-0.3, -0.25) is 9.59 Å². The van der Waals surface area contributed by atoms with Crippen LogP contribution < -0.4 is 16.0 Å². The predicted octanol–water partition coefficient (Wildman–Crippen LogP) is 2.30. The van der Waals surface area contributed by atoms with Gasteiger partial charge in [-0.1, -0.05) is 74.5 Å². The van der Waals surface area contributed by atoms with Crippen LogP contribution in [0.5, 0.6) is 0 Å². The van der Waals surface area contributed by atoms with Crippen molar-refractivity contribution in [3.63, 3.8) is 0 Å². The number of esters is 1. The van der Waals surface area contributed by atoms with Crippen molar-refractivity contribution in [2.24, 2.45) is 5.92 Å². The first kappa shape index (κ1) is 26.4. The first-order valence-electron chi connectivity index (χ1n) is 11.0. The number of amides is 3. The van der Waals surface area contributed by atoms with Gasteiger partial charge in [-0.05, 0) is 23.5 Å². The number of nitrogens with one attached hydrogen (secondary N) is 3. The molecule has 2 aromatic carbocycles. The van der Waals surface area contributed by atoms with Crippen molar-refractivity contribution in [3.8, 4) is 0 Å². The van der Waals surface area contributed by atoms with E-state index in [1.807, 2.05) is 74.5 Å². The maximum Gasteiger partial charge on any atom is 0.407 e. The monoisotopic (exact) mass is 469 g/mol. The maximum atomic E-state index is 12.5. The summed E-state index contributed by atoms with van der Waals surface area (Å²) in [5.74, 6) is -1.52. The van der Waals surface area contributed by atoms with Gasteiger partial charge in [-0.2, -0.15) is 0 Å². The highest BCUT2D eigenvalue weighted by Gasteiger charge is 2.23. The van der Waals surface area contributed by atoms with Crippen molar-refractivity contribution < 1.29 is 28.7 Å². The number of carbonyl (C=O) groups is 4. The van der Waals surface area contributed by atoms with E-state index >= 15 is 0 Å². The van der Waals surface area contributed by atoms with Gasteiger partial charge in [0.2, 0.25) is 11.8 Å². The Morgan fingerprint density at radius 1 is 0.735 bits per heavy atom. The van der Waals surface area contributed by atoms with Crippen molar-refractivity contribution in [1.29, 1.82) is 0 Å². The molecule has 0 saturated heterocycles. The fraction of sp³-hybridized carbons (Fsp3) is 0.360. The van der Waals surface area contributed by atoms with E-state index in [0.29, 0.717) is 6.42 Å². The van der Waals surface area contributed by atoms with Gasteiger partial charge in [-0.25, -0.2) is 9.59 Å². The molecule has 0 radical (unpaired) electrons. The van der Waals surface area contributed by atoms with E-state index in [1.165, 1.54) is 0 Å². The smallest absolute Gasteiger partial charge is 0.407 e. The summed E-state index contributed by atoms with van der Waals surface area (Å²) >= 11 is 0. The number of hydrogen-bond acceptors (Lipinski definition) is 6. The van der Waals surface area contributed by atoms with Crippen molar-refractivity contribution >= 4 is 23.9 Å². The molecule has 0 bridgehead atoms. The molecule has 3 amide bonds. The molecule has 2 rings (SSSR count). The zero-order valence-electron chi connectivity index (χ0n) is 19.4. The Kier molecular flexibility index (Phi) is 11.1. The molecule has 182 valence electrons. The standard InChI is InChI=1S/C25H31N3O6/c1-18(2)13-21(24(31)33-16-19-9-5-3-6-10-19)28-23(30)15-26-22(29)14-27-25(32)34-17-20-11-7-4-8-12-20/h3-12,18,21H,13-17H2,1-2H3,(H,26,29)(H,27,32)(H,28,30). The third kappa shape index (κ3) is 10.6. The average molecular weight is 470 g/mol. The predicted molar refractivity (Wildman–Crippen MR) is 125 cm³/mol. The molecular weight excluding hydrogens is 438 g/mol. The first-order chi connectivity index (χ1) is 16.3. The van der Waals surface area contributed by atoms with E-state index in [-0.39, 0.29) is 32.2 Å². The molecule has 0 fully saturated rings. The number of benzene rings is 2. The number of rotatable bonds is 12. The molecule has 0 heterocycles. The van der Waals surface area contributed by atoms with E-state index in [4.69, 9.17) is 9.47 Å². The van der Waals surface area contributed by atoms with Gasteiger partial charge >= 0.3 is 12.1 Å². The highest BCUT2D eigenvalue weighted by atomic mass is 16.5. The minimum absolute atomic E-state index is 0.0777. The number of alkyl carbamates (subject to hydrolysis) is 1. The van der Waals surface area contributed by atoms with E-state index in [2.05, 4.69) is 16.0 Å². The first-order valence-corrected chi connectivity index (χ1v) is 11.0. The molecule has 3 N–H and O–H groups in total. The van der Waals surface area contributed by atoms with Crippen molar-refractivity contribution in [3.05, 3.63) is 71.8 Å². The van der Waals surface area contributed by atoms with Crippen molar-refractivity contribution in [2.45, 2.75) is 39.5 Å². The van der Waals surface area contributed by atoms with Crippen LogP contribution in [0.2, 0.25) is 0 Å². The quantitative estimate of drug-likeness (QED) is 0.410. The molecule has 0 saturated carbocycles. The molecule has 0 aliphatic carbocycles. The SMILES string of the molecule is CC(C)CC(NC(=O)CNC(=O)CNC(=O)OCc1ccccc1)C(=O)OCc1ccccc1. The fourth-order valence-corrected chi connectivity index (χ4v) is 2.93. The van der Waals surface area contributed by atoms with E-state index < -0.39 is 29.9 Å². The fourth-order valence-electron chi connectivity index (χ4n) is 2.93. The average Bonchev–Trinajstić information content (AvgIpc) is 2.84. The van der Waals surface area contributed by atoms with E-state index in [9.17, 15) is 19.2 Å². The van der Waals surface area contributed by atoms with E-state index in [1.54, 1.807) is 0 Å². The maximum absolute atomic E-state index is 12.5. The Balaban J connectivity index is 1.70. The van der Waals surface area contributed by atoms with Crippen LogP contribution >= 0.6 is 0 Å². The molecule has 1 unspecified atom stereocenters. The third-order valence-corrected chi connectivity index (χ3v) is 4.60. The van der Waals surface area contributed by atoms with Gasteiger partial charge in [0.15, 0.2) is 0 Å². The summed E-state index contributed by atoms with van der Waals surface area (Å²) in [6, 6.07) is 17.5. The van der Waals surface area contributed by atoms with Crippen LogP contribution in [0, 0.1) is 5.92 Å². The third-order valence-electron chi connectivity index (χ3n) is 4.60. The molecule has 0 spiro atoms. The van der Waals surface area contributed by atoms with Crippen LogP contribution in [0.3, 0.4) is 0 Å². The van der Waals surface area contributed by atoms with Gasteiger partial charge in [0.25, 0.3) is 0 Å². The van der Waals surface area contributed by atoms with Gasteiger partial charge in [0.1, 0.15) is 25.8 Å². The zero-order chi connectivity index (χ0) is 24.8. The normalized spacial score (nSPS) is 11.3. The van der Waals surface area contributed by atoms with Crippen LogP contribution in [-0.2, 0) is 37.1 Å². The highest BCUT2D eigenvalue weighted by Crippen LogP contribution is 2.09. The lowest BCUT2D eigenvalue weighted by Crippen LogP contribution is -2.48. The van der Waals surface area contributed by atoms with Gasteiger partial charge in [-0.15, -0.1) is 0 Å². The minimum atomic E-state index is -0.834. The Morgan fingerprint density at radius 2 is 1.26 bits per heavy atom. The summed E-state index contributed by atoms with van der Waals surface area (Å²) in [6.45, 7) is 3.33. The Hall–Kier alpha value is -3.88. The summed E-state index contributed by atoms with van der Waals surface area (Å²) < 4.78 is 10.3. The summed E-state index contributed by atoms with van der Waals surface area (Å²) in [7, 11) is 0. The van der Waals surface area contributed by atoms with Crippen LogP contribution in [0.1, 0.15) is 31.4 Å². The molecule has 2 aromatic rings. The van der Waals surface area contributed by atoms with Crippen molar-refractivity contribution in [2.75, 3.05) is 13.1 Å². The molecule has 0 aliphatic heterocycles. The van der Waals surface area contributed by atoms with E-state index in [0.717, 1.165) is 11.1 Å². The lowest BCUT2D eigenvalue weighted by molar-refractivity contribution is -0.149. The number of ether oxygens (including phenoxy) is 2. The second-order valence-electron chi connectivity index (χ2n) is 8.03. The number of hydrogen-bond donors (Lipinski definition) is 3. The Morgan fingerprint density at radius 3 is 1.82 bits per heavy atom. The highest BCUT2D eigenvalue weighted by molar-refractivity contribution is 5.89. The summed E-state index contributed by atoms with van der Waals surface area (Å²) in [6.07, 6.45) is -0.358. The second kappa shape index (κ2) is 14.3. The van der Waals surface area contributed by atoms with Crippen LogP contribution in [0.4, 0.5) is 4.79 Å². The largest absolute Gasteiger partial charge is 0.459 e. The summed E-state index contributed by atoms with van der Waals surface area (Å²) in [5, 5.41) is 7.31. The molecule has 0 aromatic heterocycles. The van der Waals surface area contributed by atoms with Crippen LogP contribution in [0.15, 0.2) is 60.7 Å². The van der Waals surface area contributed by atoms with Crippen LogP contribution in [-0.4, -0.2) is 43.0 Å². The lowest BCUT2D eigenvalue weighted by Gasteiger charge is -2.19. The second-order valence-corrected chi connectivity index (χ2v) is 8.03. The lowest BCUT2D eigenvalue weighted by atomic mass is 10.0. The minimum Gasteiger partial charge on any atom is -0.459 e. The summed E-state index contributed by atoms with van der Waals surface area (Å²) in [5.41, 5.74) is 1.66. The Labute approximate surface area is 199 Å². The summed E-state index contributed by atoms with van der Waals surface area (Å²) in [4.78, 5) is 48.4. The van der Waals surface area contributed by atoms with Crippen molar-refractivity contribution in [1.82, 2.24) is 16.0 Å².